The van der Waals surface area contributed by atoms with Crippen LogP contribution in [-0.2, 0) is 6.42 Å². The van der Waals surface area contributed by atoms with Crippen LogP contribution in [0.2, 0.25) is 5.02 Å². The van der Waals surface area contributed by atoms with Crippen LogP contribution in [0, 0.1) is 0 Å². The highest BCUT2D eigenvalue weighted by Crippen LogP contribution is 2.36. The molecular weight excluding hydrogens is 312 g/mol. The van der Waals surface area contributed by atoms with Gasteiger partial charge in [0.25, 0.3) is 0 Å². The highest BCUT2D eigenvalue weighted by Gasteiger charge is 2.26. The molecule has 1 aliphatic carbocycles. The van der Waals surface area contributed by atoms with E-state index in [4.69, 9.17) is 16.3 Å². The van der Waals surface area contributed by atoms with Crippen molar-refractivity contribution in [3.8, 4) is 5.75 Å². The summed E-state index contributed by atoms with van der Waals surface area (Å²) >= 11 is 9.52. The summed E-state index contributed by atoms with van der Waals surface area (Å²) < 4.78 is 6.80. The summed E-state index contributed by atoms with van der Waals surface area (Å²) in [5.41, 5.74) is 2.84. The fraction of sp³-hybridized carbons (Fsp3) is 0.200. The normalized spacial score (nSPS) is 16.9. The largest absolute Gasteiger partial charge is 0.491 e. The van der Waals surface area contributed by atoms with E-state index in [9.17, 15) is 0 Å². The minimum Gasteiger partial charge on any atom is -0.491 e. The Balaban J connectivity index is 1.68. The average Bonchev–Trinajstić information content (AvgIpc) is 2.34. The monoisotopic (exact) mass is 322 g/mol. The van der Waals surface area contributed by atoms with Crippen LogP contribution in [0.15, 0.2) is 46.9 Å². The van der Waals surface area contributed by atoms with E-state index < -0.39 is 0 Å². The molecule has 92 valence electrons. The molecule has 0 bridgehead atoms. The van der Waals surface area contributed by atoms with Crippen LogP contribution in [0.5, 0.6) is 5.75 Å². The van der Waals surface area contributed by atoms with Gasteiger partial charge in [0.05, 0.1) is 11.6 Å². The lowest BCUT2D eigenvalue weighted by Crippen LogP contribution is -2.23. The zero-order valence-corrected chi connectivity index (χ0v) is 12.0. The van der Waals surface area contributed by atoms with E-state index in [0.29, 0.717) is 17.5 Å². The average molecular weight is 324 g/mol. The number of halogens is 2. The molecule has 0 aromatic heterocycles. The van der Waals surface area contributed by atoms with Crippen LogP contribution >= 0.6 is 27.5 Å². The van der Waals surface area contributed by atoms with Crippen LogP contribution in [0.4, 0.5) is 0 Å². The number of rotatable bonds is 3. The lowest BCUT2D eigenvalue weighted by atomic mass is 9.78. The minimum atomic E-state index is 0.497. The Kier molecular flexibility index (Phi) is 3.31. The molecule has 2 aromatic carbocycles. The van der Waals surface area contributed by atoms with E-state index in [1.807, 2.05) is 18.2 Å². The summed E-state index contributed by atoms with van der Waals surface area (Å²) in [4.78, 5) is 0. The molecule has 2 aromatic rings. The SMILES string of the molecule is Clc1ccc(Br)cc1OCC1Cc2ccccc21. The van der Waals surface area contributed by atoms with Crippen molar-refractivity contribution >= 4 is 27.5 Å². The number of benzene rings is 2. The van der Waals surface area contributed by atoms with Crippen molar-refractivity contribution in [1.82, 2.24) is 0 Å². The van der Waals surface area contributed by atoms with Gasteiger partial charge in [0.15, 0.2) is 0 Å². The molecule has 0 heterocycles. The first-order valence-electron chi connectivity index (χ1n) is 5.89. The summed E-state index contributed by atoms with van der Waals surface area (Å²) in [5.74, 6) is 1.24. The summed E-state index contributed by atoms with van der Waals surface area (Å²) in [6, 6.07) is 14.2. The maximum absolute atomic E-state index is 6.10. The van der Waals surface area contributed by atoms with Gasteiger partial charge in [-0.1, -0.05) is 51.8 Å². The van der Waals surface area contributed by atoms with E-state index in [0.717, 1.165) is 16.6 Å². The second-order valence-electron chi connectivity index (χ2n) is 4.49. The first-order valence-corrected chi connectivity index (χ1v) is 7.07. The third-order valence-electron chi connectivity index (χ3n) is 3.29. The van der Waals surface area contributed by atoms with Gasteiger partial charge in [0, 0.05) is 10.4 Å². The molecule has 0 fully saturated rings. The van der Waals surface area contributed by atoms with Gasteiger partial charge in [0.1, 0.15) is 5.75 Å². The Labute approximate surface area is 120 Å². The highest BCUT2D eigenvalue weighted by molar-refractivity contribution is 9.10. The Hall–Kier alpha value is -0.990. The number of hydrogen-bond acceptors (Lipinski definition) is 1. The van der Waals surface area contributed by atoms with Crippen LogP contribution in [0.25, 0.3) is 0 Å². The maximum atomic E-state index is 6.10. The molecule has 0 aliphatic heterocycles. The van der Waals surface area contributed by atoms with E-state index in [1.54, 1.807) is 0 Å². The van der Waals surface area contributed by atoms with Crippen molar-refractivity contribution in [2.45, 2.75) is 12.3 Å². The molecule has 1 aliphatic rings. The van der Waals surface area contributed by atoms with Crippen LogP contribution in [-0.4, -0.2) is 6.61 Å². The van der Waals surface area contributed by atoms with Gasteiger partial charge >= 0.3 is 0 Å². The molecular formula is C15H12BrClO. The molecule has 0 radical (unpaired) electrons. The molecule has 0 N–H and O–H groups in total. The van der Waals surface area contributed by atoms with Gasteiger partial charge in [-0.2, -0.15) is 0 Å². The molecule has 1 nitrogen and oxygen atoms in total. The predicted molar refractivity (Wildman–Crippen MR) is 77.5 cm³/mol. The molecule has 3 heteroatoms. The second-order valence-corrected chi connectivity index (χ2v) is 5.81. The third-order valence-corrected chi connectivity index (χ3v) is 4.10. The lowest BCUT2D eigenvalue weighted by Gasteiger charge is -2.30. The molecule has 0 saturated heterocycles. The van der Waals surface area contributed by atoms with Gasteiger partial charge in [-0.15, -0.1) is 0 Å². The Bertz CT molecular complexity index is 582. The molecule has 3 rings (SSSR count). The van der Waals surface area contributed by atoms with Gasteiger partial charge in [-0.25, -0.2) is 0 Å². The maximum Gasteiger partial charge on any atom is 0.139 e. The number of hydrogen-bond donors (Lipinski definition) is 0. The minimum absolute atomic E-state index is 0.497. The van der Waals surface area contributed by atoms with Crippen molar-refractivity contribution in [2.75, 3.05) is 6.61 Å². The van der Waals surface area contributed by atoms with Gasteiger partial charge < -0.3 is 4.74 Å². The molecule has 0 amide bonds. The zero-order chi connectivity index (χ0) is 12.5. The molecule has 18 heavy (non-hydrogen) atoms. The summed E-state index contributed by atoms with van der Waals surface area (Å²) in [7, 11) is 0. The number of ether oxygens (including phenoxy) is 1. The number of fused-ring (bicyclic) bond motifs is 1. The van der Waals surface area contributed by atoms with Crippen molar-refractivity contribution < 1.29 is 4.74 Å². The summed E-state index contributed by atoms with van der Waals surface area (Å²) in [6.07, 6.45) is 1.10. The predicted octanol–water partition coefficient (Wildman–Crippen LogP) is 4.82. The Morgan fingerprint density at radius 1 is 1.22 bits per heavy atom. The van der Waals surface area contributed by atoms with Gasteiger partial charge in [-0.05, 0) is 35.7 Å². The first kappa shape index (κ1) is 12.1. The third kappa shape index (κ3) is 2.27. The standard InChI is InChI=1S/C15H12BrClO/c16-12-5-6-14(17)15(8-12)18-9-11-7-10-3-1-2-4-13(10)11/h1-6,8,11H,7,9H2. The van der Waals surface area contributed by atoms with Crippen molar-refractivity contribution in [1.29, 1.82) is 0 Å². The quantitative estimate of drug-likeness (QED) is 0.787. The van der Waals surface area contributed by atoms with Crippen molar-refractivity contribution in [3.05, 3.63) is 63.1 Å². The molecule has 0 spiro atoms. The first-order chi connectivity index (χ1) is 8.74. The van der Waals surface area contributed by atoms with E-state index in [1.165, 1.54) is 11.1 Å². The van der Waals surface area contributed by atoms with Crippen molar-refractivity contribution in [2.24, 2.45) is 0 Å². The lowest BCUT2D eigenvalue weighted by molar-refractivity contribution is 0.275. The fourth-order valence-corrected chi connectivity index (χ4v) is 2.80. The zero-order valence-electron chi connectivity index (χ0n) is 9.70. The van der Waals surface area contributed by atoms with Gasteiger partial charge in [-0.3, -0.25) is 0 Å². The second kappa shape index (κ2) is 4.94. The summed E-state index contributed by atoms with van der Waals surface area (Å²) in [6.45, 7) is 0.688. The summed E-state index contributed by atoms with van der Waals surface area (Å²) in [5, 5.41) is 0.658. The smallest absolute Gasteiger partial charge is 0.139 e. The molecule has 0 saturated carbocycles. The topological polar surface area (TPSA) is 9.23 Å². The Morgan fingerprint density at radius 3 is 2.89 bits per heavy atom. The van der Waals surface area contributed by atoms with E-state index in [2.05, 4.69) is 40.2 Å². The van der Waals surface area contributed by atoms with E-state index in [-0.39, 0.29) is 0 Å². The van der Waals surface area contributed by atoms with Crippen LogP contribution in [0.1, 0.15) is 17.0 Å². The van der Waals surface area contributed by atoms with Crippen molar-refractivity contribution in [3.63, 3.8) is 0 Å². The molecule has 1 unspecified atom stereocenters. The fourth-order valence-electron chi connectivity index (χ4n) is 2.29. The van der Waals surface area contributed by atoms with Crippen LogP contribution < -0.4 is 4.74 Å². The molecule has 1 atom stereocenters. The van der Waals surface area contributed by atoms with E-state index >= 15 is 0 Å². The highest BCUT2D eigenvalue weighted by atomic mass is 79.9. The van der Waals surface area contributed by atoms with Gasteiger partial charge in [0.2, 0.25) is 0 Å². The van der Waals surface area contributed by atoms with Crippen LogP contribution in [0.3, 0.4) is 0 Å². The Morgan fingerprint density at radius 2 is 2.06 bits per heavy atom.